The summed E-state index contributed by atoms with van der Waals surface area (Å²) < 4.78 is 15.9. The number of carbonyl (C=O) groups is 1. The quantitative estimate of drug-likeness (QED) is 0.333. The lowest BCUT2D eigenvalue weighted by Crippen LogP contribution is -2.36. The van der Waals surface area contributed by atoms with Crippen LogP contribution in [-0.2, 0) is 22.6 Å². The second-order valence-corrected chi connectivity index (χ2v) is 5.33. The number of ether oxygens (including phenoxy) is 3. The van der Waals surface area contributed by atoms with Gasteiger partial charge in [0.25, 0.3) is 5.69 Å². The molecule has 0 aliphatic carbocycles. The molecular weight excluding hydrogens is 338 g/mol. The minimum absolute atomic E-state index is 0.122. The summed E-state index contributed by atoms with van der Waals surface area (Å²) in [5.41, 5.74) is 1.33. The maximum atomic E-state index is 12.3. The van der Waals surface area contributed by atoms with Crippen LogP contribution in [0, 0.1) is 5.21 Å². The minimum atomic E-state index is -0.594. The topological polar surface area (TPSA) is 91.9 Å². The van der Waals surface area contributed by atoms with Crippen molar-refractivity contribution in [1.82, 2.24) is 0 Å². The lowest BCUT2D eigenvalue weighted by Gasteiger charge is -2.12. The highest BCUT2D eigenvalue weighted by atomic mass is 16.5. The molecule has 2 rings (SSSR count). The summed E-state index contributed by atoms with van der Waals surface area (Å²) in [5.74, 6) is 0.492. The van der Waals surface area contributed by atoms with E-state index < -0.39 is 12.6 Å². The summed E-state index contributed by atoms with van der Waals surface area (Å²) in [4.78, 5) is 11.3. The number of carbonyl (C=O) groups excluding carboxylic acids is 1. The van der Waals surface area contributed by atoms with Crippen LogP contribution < -0.4 is 14.2 Å². The van der Waals surface area contributed by atoms with Gasteiger partial charge in [-0.2, -0.15) is 4.73 Å². The van der Waals surface area contributed by atoms with Crippen LogP contribution in [0.1, 0.15) is 17.0 Å². The van der Waals surface area contributed by atoms with Crippen LogP contribution >= 0.6 is 0 Å². The third-order valence-corrected chi connectivity index (χ3v) is 3.71. The van der Waals surface area contributed by atoms with E-state index >= 15 is 0 Å². The van der Waals surface area contributed by atoms with E-state index in [-0.39, 0.29) is 11.4 Å². The zero-order chi connectivity index (χ0) is 18.9. The fraction of sp³-hybridized carbons (Fsp3) is 0.263. The average Bonchev–Trinajstić information content (AvgIpc) is 2.67. The molecule has 0 radical (unpaired) electrons. The summed E-state index contributed by atoms with van der Waals surface area (Å²) in [6.07, 6.45) is 3.06. The number of hydrogen-bond acceptors (Lipinski definition) is 6. The van der Waals surface area contributed by atoms with E-state index in [9.17, 15) is 15.1 Å². The molecule has 1 N–H and O–H groups in total. The summed E-state index contributed by atoms with van der Waals surface area (Å²) in [6.45, 7) is -0.0848. The van der Waals surface area contributed by atoms with Crippen LogP contribution in [0.3, 0.4) is 0 Å². The molecule has 0 bridgehead atoms. The highest BCUT2D eigenvalue weighted by Crippen LogP contribution is 2.18. The highest BCUT2D eigenvalue weighted by molar-refractivity contribution is 5.86. The van der Waals surface area contributed by atoms with Gasteiger partial charge in [0.2, 0.25) is 5.69 Å². The molecule has 7 heteroatoms. The SMILES string of the molecule is COC(=O)/C=C/c1c(OCCc2ccc(OC)cc2)ccc(CO)[n+]1[O-]. The molecule has 0 spiro atoms. The molecule has 1 heterocycles. The summed E-state index contributed by atoms with van der Waals surface area (Å²) in [6, 6.07) is 10.7. The first-order valence-electron chi connectivity index (χ1n) is 7.97. The molecule has 0 amide bonds. The Balaban J connectivity index is 2.12. The van der Waals surface area contributed by atoms with Gasteiger partial charge in [0.15, 0.2) is 5.75 Å². The predicted molar refractivity (Wildman–Crippen MR) is 94.6 cm³/mol. The lowest BCUT2D eigenvalue weighted by atomic mass is 10.1. The number of hydrogen-bond donors (Lipinski definition) is 1. The van der Waals surface area contributed by atoms with E-state index in [4.69, 9.17) is 9.47 Å². The van der Waals surface area contributed by atoms with Crippen molar-refractivity contribution in [3.63, 3.8) is 0 Å². The molecule has 1 aromatic heterocycles. The Kier molecular flexibility index (Phi) is 6.99. The number of aliphatic hydroxyl groups is 1. The number of rotatable bonds is 8. The van der Waals surface area contributed by atoms with Gasteiger partial charge in [-0.3, -0.25) is 0 Å². The van der Waals surface area contributed by atoms with Crippen LogP contribution in [0.15, 0.2) is 42.5 Å². The maximum Gasteiger partial charge on any atom is 0.330 e. The van der Waals surface area contributed by atoms with Crippen LogP contribution in [0.4, 0.5) is 0 Å². The Labute approximate surface area is 151 Å². The van der Waals surface area contributed by atoms with E-state index in [1.807, 2.05) is 24.3 Å². The molecule has 0 saturated heterocycles. The van der Waals surface area contributed by atoms with E-state index in [0.29, 0.717) is 23.5 Å². The predicted octanol–water partition coefficient (Wildman–Crippen LogP) is 1.63. The Morgan fingerprint density at radius 3 is 2.54 bits per heavy atom. The van der Waals surface area contributed by atoms with E-state index in [1.54, 1.807) is 13.2 Å². The van der Waals surface area contributed by atoms with Crippen molar-refractivity contribution in [3.05, 3.63) is 64.6 Å². The first-order valence-corrected chi connectivity index (χ1v) is 7.97. The Morgan fingerprint density at radius 2 is 1.92 bits per heavy atom. The monoisotopic (exact) mass is 359 g/mol. The van der Waals surface area contributed by atoms with Crippen LogP contribution in [0.2, 0.25) is 0 Å². The van der Waals surface area contributed by atoms with Gasteiger partial charge in [0, 0.05) is 24.6 Å². The average molecular weight is 359 g/mol. The third-order valence-electron chi connectivity index (χ3n) is 3.71. The molecule has 26 heavy (non-hydrogen) atoms. The largest absolute Gasteiger partial charge is 0.618 e. The van der Waals surface area contributed by atoms with E-state index in [1.165, 1.54) is 19.3 Å². The van der Waals surface area contributed by atoms with Crippen molar-refractivity contribution in [2.75, 3.05) is 20.8 Å². The van der Waals surface area contributed by atoms with Crippen molar-refractivity contribution in [1.29, 1.82) is 0 Å². The first kappa shape index (κ1) is 19.3. The number of pyridine rings is 1. The van der Waals surface area contributed by atoms with Crippen molar-refractivity contribution in [3.8, 4) is 11.5 Å². The lowest BCUT2D eigenvalue weighted by molar-refractivity contribution is -0.618. The normalized spacial score (nSPS) is 10.7. The second-order valence-electron chi connectivity index (χ2n) is 5.33. The fourth-order valence-corrected chi connectivity index (χ4v) is 2.25. The van der Waals surface area contributed by atoms with Gasteiger partial charge in [-0.1, -0.05) is 12.1 Å². The second kappa shape index (κ2) is 9.43. The van der Waals surface area contributed by atoms with Gasteiger partial charge in [-0.15, -0.1) is 0 Å². The Morgan fingerprint density at radius 1 is 1.19 bits per heavy atom. The van der Waals surface area contributed by atoms with Gasteiger partial charge in [0.05, 0.1) is 20.8 Å². The number of aliphatic hydroxyl groups excluding tert-OH is 1. The van der Waals surface area contributed by atoms with Crippen LogP contribution in [0.25, 0.3) is 6.08 Å². The van der Waals surface area contributed by atoms with Gasteiger partial charge >= 0.3 is 5.97 Å². The molecular formula is C19H21NO6. The number of esters is 1. The van der Waals surface area contributed by atoms with Crippen LogP contribution in [0.5, 0.6) is 11.5 Å². The first-order chi connectivity index (χ1) is 12.6. The zero-order valence-corrected chi connectivity index (χ0v) is 14.7. The summed E-state index contributed by atoms with van der Waals surface area (Å²) >= 11 is 0. The molecule has 7 nitrogen and oxygen atoms in total. The number of nitrogens with zero attached hydrogens (tertiary/aromatic N) is 1. The number of benzene rings is 1. The van der Waals surface area contributed by atoms with E-state index in [0.717, 1.165) is 17.4 Å². The summed E-state index contributed by atoms with van der Waals surface area (Å²) in [7, 11) is 2.85. The standard InChI is InChI=1S/C19H21NO6/c1-24-16-6-3-14(4-7-16)11-12-26-18-9-5-15(13-21)20(23)17(18)8-10-19(22)25-2/h3-10,21H,11-13H2,1-2H3/b10-8+. The van der Waals surface area contributed by atoms with Gasteiger partial charge in [0.1, 0.15) is 12.4 Å². The van der Waals surface area contributed by atoms with Gasteiger partial charge in [-0.25, -0.2) is 4.79 Å². The van der Waals surface area contributed by atoms with Crippen molar-refractivity contribution >= 4 is 12.0 Å². The third kappa shape index (κ3) is 4.97. The van der Waals surface area contributed by atoms with Gasteiger partial charge < -0.3 is 24.5 Å². The molecule has 138 valence electrons. The van der Waals surface area contributed by atoms with Crippen molar-refractivity contribution in [2.24, 2.45) is 0 Å². The molecule has 0 aliphatic heterocycles. The smallest absolute Gasteiger partial charge is 0.330 e. The number of methoxy groups -OCH3 is 2. The van der Waals surface area contributed by atoms with Crippen molar-refractivity contribution < 1.29 is 28.8 Å². The summed E-state index contributed by atoms with van der Waals surface area (Å²) in [5, 5.41) is 21.5. The molecule has 0 saturated carbocycles. The zero-order valence-electron chi connectivity index (χ0n) is 14.7. The Hall–Kier alpha value is -3.06. The molecule has 0 atom stereocenters. The molecule has 2 aromatic rings. The van der Waals surface area contributed by atoms with Crippen molar-refractivity contribution in [2.45, 2.75) is 13.0 Å². The molecule has 0 fully saturated rings. The van der Waals surface area contributed by atoms with Gasteiger partial charge in [-0.05, 0) is 23.8 Å². The highest BCUT2D eigenvalue weighted by Gasteiger charge is 2.16. The Bertz CT molecular complexity index is 770. The minimum Gasteiger partial charge on any atom is -0.618 e. The fourth-order valence-electron chi connectivity index (χ4n) is 2.25. The van der Waals surface area contributed by atoms with Crippen LogP contribution in [-0.4, -0.2) is 31.9 Å². The van der Waals surface area contributed by atoms with E-state index in [2.05, 4.69) is 4.74 Å². The molecule has 1 aromatic carbocycles. The molecule has 0 aliphatic rings. The number of aromatic nitrogens is 1. The molecule has 0 unspecified atom stereocenters. The maximum absolute atomic E-state index is 12.3.